The number of sulfonamides is 1. The number of benzene rings is 1. The van der Waals surface area contributed by atoms with Crippen molar-refractivity contribution in [1.29, 1.82) is 0 Å². The second kappa shape index (κ2) is 8.35. The van der Waals surface area contributed by atoms with Crippen molar-refractivity contribution in [3.05, 3.63) is 29.4 Å². The molecule has 30 heavy (non-hydrogen) atoms. The first-order valence-electron chi connectivity index (χ1n) is 10.3. The molecule has 0 radical (unpaired) electrons. The van der Waals surface area contributed by atoms with Gasteiger partial charge in [0, 0.05) is 25.6 Å². The van der Waals surface area contributed by atoms with Crippen molar-refractivity contribution in [3.63, 3.8) is 0 Å². The van der Waals surface area contributed by atoms with Gasteiger partial charge in [-0.3, -0.25) is 9.69 Å². The standard InChI is InChI=1S/C20H26N4O5S/c1-3-19-21-18(22-29-19)12-24-15-10-14(2)17(11-16(15)28-13-20(24)25)30(26,27)23-8-6-4-5-7-9-23/h10-11H,3-9,12-13H2,1-2H3. The highest BCUT2D eigenvalue weighted by molar-refractivity contribution is 7.89. The Morgan fingerprint density at radius 3 is 2.53 bits per heavy atom. The lowest BCUT2D eigenvalue weighted by atomic mass is 10.1. The van der Waals surface area contributed by atoms with Gasteiger partial charge in [0.25, 0.3) is 5.91 Å². The Bertz CT molecular complexity index is 1040. The quantitative estimate of drug-likeness (QED) is 0.711. The summed E-state index contributed by atoms with van der Waals surface area (Å²) in [5.41, 5.74) is 1.09. The molecule has 10 heteroatoms. The SMILES string of the molecule is CCc1nc(CN2C(=O)COc3cc(S(=O)(=O)N4CCCCCC4)c(C)cc32)no1. The first-order chi connectivity index (χ1) is 14.4. The number of ether oxygens (including phenoxy) is 1. The van der Waals surface area contributed by atoms with E-state index in [0.29, 0.717) is 48.2 Å². The van der Waals surface area contributed by atoms with Gasteiger partial charge >= 0.3 is 0 Å². The fraction of sp³-hybridized carbons (Fsp3) is 0.550. The van der Waals surface area contributed by atoms with Gasteiger partial charge in [-0.05, 0) is 31.4 Å². The van der Waals surface area contributed by atoms with E-state index in [0.717, 1.165) is 25.7 Å². The number of carbonyl (C=O) groups is 1. The molecular formula is C20H26N4O5S. The van der Waals surface area contributed by atoms with Crippen LogP contribution in [-0.4, -0.2) is 48.5 Å². The summed E-state index contributed by atoms with van der Waals surface area (Å²) in [6.07, 6.45) is 4.44. The minimum absolute atomic E-state index is 0.135. The summed E-state index contributed by atoms with van der Waals surface area (Å²) in [6.45, 7) is 4.67. The maximum absolute atomic E-state index is 13.3. The number of carbonyl (C=O) groups excluding carboxylic acids is 1. The van der Waals surface area contributed by atoms with Crippen molar-refractivity contribution in [2.24, 2.45) is 0 Å². The van der Waals surface area contributed by atoms with E-state index < -0.39 is 10.0 Å². The van der Waals surface area contributed by atoms with Crippen LogP contribution in [-0.2, 0) is 27.8 Å². The predicted molar refractivity (Wildman–Crippen MR) is 109 cm³/mol. The molecule has 1 fully saturated rings. The zero-order chi connectivity index (χ0) is 21.3. The van der Waals surface area contributed by atoms with Crippen LogP contribution in [0, 0.1) is 6.92 Å². The van der Waals surface area contributed by atoms with Crippen LogP contribution >= 0.6 is 0 Å². The van der Waals surface area contributed by atoms with Gasteiger partial charge in [-0.15, -0.1) is 0 Å². The Kier molecular flexibility index (Phi) is 5.79. The van der Waals surface area contributed by atoms with Crippen LogP contribution in [0.1, 0.15) is 49.9 Å². The van der Waals surface area contributed by atoms with E-state index >= 15 is 0 Å². The van der Waals surface area contributed by atoms with E-state index in [-0.39, 0.29) is 24.0 Å². The van der Waals surface area contributed by atoms with Crippen molar-refractivity contribution in [2.45, 2.75) is 57.4 Å². The van der Waals surface area contributed by atoms with E-state index in [1.54, 1.807) is 17.3 Å². The second-order valence-electron chi connectivity index (χ2n) is 7.63. The van der Waals surface area contributed by atoms with E-state index in [9.17, 15) is 13.2 Å². The molecule has 2 aliphatic heterocycles. The van der Waals surface area contributed by atoms with Gasteiger partial charge in [0.1, 0.15) is 5.75 Å². The molecule has 1 saturated heterocycles. The number of fused-ring (bicyclic) bond motifs is 1. The highest BCUT2D eigenvalue weighted by atomic mass is 32.2. The molecule has 2 aliphatic rings. The van der Waals surface area contributed by atoms with Crippen LogP contribution in [0.3, 0.4) is 0 Å². The van der Waals surface area contributed by atoms with Crippen LogP contribution in [0.2, 0.25) is 0 Å². The summed E-state index contributed by atoms with van der Waals surface area (Å²) in [5, 5.41) is 3.91. The molecular weight excluding hydrogens is 408 g/mol. The van der Waals surface area contributed by atoms with Gasteiger partial charge < -0.3 is 9.26 Å². The molecule has 162 valence electrons. The fourth-order valence-corrected chi connectivity index (χ4v) is 5.58. The number of anilines is 1. The molecule has 3 heterocycles. The van der Waals surface area contributed by atoms with Crippen LogP contribution in [0.4, 0.5) is 5.69 Å². The average Bonchev–Trinajstić information content (AvgIpc) is 2.99. The number of aromatic nitrogens is 2. The monoisotopic (exact) mass is 434 g/mol. The number of rotatable bonds is 5. The van der Waals surface area contributed by atoms with Crippen LogP contribution < -0.4 is 9.64 Å². The Hall–Kier alpha value is -2.46. The first kappa shape index (κ1) is 20.8. The first-order valence-corrected chi connectivity index (χ1v) is 11.7. The van der Waals surface area contributed by atoms with Crippen molar-refractivity contribution in [3.8, 4) is 5.75 Å². The molecule has 0 N–H and O–H groups in total. The molecule has 0 aliphatic carbocycles. The minimum atomic E-state index is -3.63. The van der Waals surface area contributed by atoms with Crippen molar-refractivity contribution in [1.82, 2.24) is 14.4 Å². The highest BCUT2D eigenvalue weighted by Gasteiger charge is 2.32. The van der Waals surface area contributed by atoms with E-state index in [2.05, 4.69) is 10.1 Å². The molecule has 1 aromatic carbocycles. The normalized spacial score (nSPS) is 18.1. The predicted octanol–water partition coefficient (Wildman–Crippen LogP) is 2.43. The minimum Gasteiger partial charge on any atom is -0.482 e. The fourth-order valence-electron chi connectivity index (χ4n) is 3.84. The number of amides is 1. The molecule has 0 saturated carbocycles. The topological polar surface area (TPSA) is 106 Å². The molecule has 0 unspecified atom stereocenters. The second-order valence-corrected chi connectivity index (χ2v) is 9.54. The lowest BCUT2D eigenvalue weighted by Crippen LogP contribution is -2.39. The highest BCUT2D eigenvalue weighted by Crippen LogP contribution is 2.38. The number of aryl methyl sites for hydroxylation is 2. The largest absolute Gasteiger partial charge is 0.482 e. The molecule has 4 rings (SSSR count). The van der Waals surface area contributed by atoms with Gasteiger partial charge in [0.15, 0.2) is 12.4 Å². The summed E-state index contributed by atoms with van der Waals surface area (Å²) in [4.78, 5) is 18.5. The molecule has 0 bridgehead atoms. The molecule has 9 nitrogen and oxygen atoms in total. The van der Waals surface area contributed by atoms with Gasteiger partial charge in [0.2, 0.25) is 15.9 Å². The van der Waals surface area contributed by atoms with E-state index in [1.165, 1.54) is 11.0 Å². The van der Waals surface area contributed by atoms with Gasteiger partial charge in [-0.2, -0.15) is 9.29 Å². The third-order valence-electron chi connectivity index (χ3n) is 5.49. The molecule has 2 aromatic rings. The zero-order valence-corrected chi connectivity index (χ0v) is 18.1. The van der Waals surface area contributed by atoms with E-state index in [1.807, 2.05) is 6.92 Å². The Labute approximate surface area is 176 Å². The number of nitrogens with zero attached hydrogens (tertiary/aromatic N) is 4. The average molecular weight is 435 g/mol. The smallest absolute Gasteiger partial charge is 0.265 e. The summed E-state index contributed by atoms with van der Waals surface area (Å²) in [7, 11) is -3.63. The Morgan fingerprint density at radius 2 is 1.87 bits per heavy atom. The number of hydrogen-bond acceptors (Lipinski definition) is 7. The maximum atomic E-state index is 13.3. The third kappa shape index (κ3) is 3.93. The summed E-state index contributed by atoms with van der Waals surface area (Å²) >= 11 is 0. The van der Waals surface area contributed by atoms with Crippen LogP contribution in [0.5, 0.6) is 5.75 Å². The number of hydrogen-bond donors (Lipinski definition) is 0. The molecule has 0 spiro atoms. The van der Waals surface area contributed by atoms with Crippen LogP contribution in [0.15, 0.2) is 21.6 Å². The molecule has 1 aromatic heterocycles. The lowest BCUT2D eigenvalue weighted by Gasteiger charge is -2.30. The lowest BCUT2D eigenvalue weighted by molar-refractivity contribution is -0.121. The van der Waals surface area contributed by atoms with Gasteiger partial charge in [0.05, 0.1) is 17.1 Å². The van der Waals surface area contributed by atoms with Gasteiger partial charge in [-0.25, -0.2) is 8.42 Å². The van der Waals surface area contributed by atoms with Crippen molar-refractivity contribution >= 4 is 21.6 Å². The van der Waals surface area contributed by atoms with Crippen molar-refractivity contribution in [2.75, 3.05) is 24.6 Å². The summed E-state index contributed by atoms with van der Waals surface area (Å²) in [5.74, 6) is 1.02. The summed E-state index contributed by atoms with van der Waals surface area (Å²) < 4.78 is 38.8. The molecule has 0 atom stereocenters. The third-order valence-corrected chi connectivity index (χ3v) is 7.54. The maximum Gasteiger partial charge on any atom is 0.265 e. The van der Waals surface area contributed by atoms with Crippen molar-refractivity contribution < 1.29 is 22.5 Å². The van der Waals surface area contributed by atoms with E-state index in [4.69, 9.17) is 9.26 Å². The molecule has 1 amide bonds. The summed E-state index contributed by atoms with van der Waals surface area (Å²) in [6, 6.07) is 3.23. The Balaban J connectivity index is 1.67. The van der Waals surface area contributed by atoms with Gasteiger partial charge in [-0.1, -0.05) is 24.9 Å². The Morgan fingerprint density at radius 1 is 1.13 bits per heavy atom. The zero-order valence-electron chi connectivity index (χ0n) is 17.3. The van der Waals surface area contributed by atoms with Crippen LogP contribution in [0.25, 0.3) is 0 Å².